The molecule has 4 aromatic rings. The van der Waals surface area contributed by atoms with Gasteiger partial charge in [-0.2, -0.15) is 0 Å². The van der Waals surface area contributed by atoms with Gasteiger partial charge in [0.15, 0.2) is 0 Å². The Bertz CT molecular complexity index is 1300. The lowest BCUT2D eigenvalue weighted by atomic mass is 10.0. The van der Waals surface area contributed by atoms with E-state index >= 15 is 0 Å². The molecule has 7 nitrogen and oxygen atoms in total. The Morgan fingerprint density at radius 1 is 1.15 bits per heavy atom. The number of nitrogens with zero attached hydrogens (tertiary/aromatic N) is 2. The maximum atomic E-state index is 13.6. The highest BCUT2D eigenvalue weighted by atomic mass is 16.5. The first-order valence-electron chi connectivity index (χ1n) is 11.4. The molecule has 1 aliphatic rings. The monoisotopic (exact) mass is 454 g/mol. The summed E-state index contributed by atoms with van der Waals surface area (Å²) >= 11 is 0. The van der Waals surface area contributed by atoms with Crippen molar-refractivity contribution in [3.63, 3.8) is 0 Å². The van der Waals surface area contributed by atoms with Crippen LogP contribution in [0.4, 0.5) is 0 Å². The fraction of sp³-hybridized carbons (Fsp3) is 0.222. The van der Waals surface area contributed by atoms with Gasteiger partial charge in [0.1, 0.15) is 17.9 Å². The second kappa shape index (κ2) is 9.39. The van der Waals surface area contributed by atoms with E-state index in [2.05, 4.69) is 15.3 Å². The molecule has 0 radical (unpaired) electrons. The quantitative estimate of drug-likeness (QED) is 0.461. The van der Waals surface area contributed by atoms with Crippen molar-refractivity contribution >= 4 is 22.7 Å². The fourth-order valence-electron chi connectivity index (χ4n) is 4.38. The van der Waals surface area contributed by atoms with Crippen molar-refractivity contribution in [3.05, 3.63) is 95.9 Å². The minimum absolute atomic E-state index is 0.112. The number of pyridine rings is 1. The van der Waals surface area contributed by atoms with Gasteiger partial charge in [-0.3, -0.25) is 14.6 Å². The van der Waals surface area contributed by atoms with E-state index in [1.165, 1.54) is 0 Å². The molecule has 5 rings (SSSR count). The van der Waals surface area contributed by atoms with Gasteiger partial charge in [-0.1, -0.05) is 36.4 Å². The predicted molar refractivity (Wildman–Crippen MR) is 130 cm³/mol. The number of benzene rings is 2. The number of ether oxygens (including phenoxy) is 1. The Labute approximate surface area is 197 Å². The molecule has 2 aromatic heterocycles. The predicted octanol–water partition coefficient (Wildman–Crippen LogP) is 4.02. The summed E-state index contributed by atoms with van der Waals surface area (Å²) in [6.07, 6.45) is 5.89. The molecule has 3 heterocycles. The normalized spacial score (nSPS) is 16.4. The van der Waals surface area contributed by atoms with Gasteiger partial charge in [0.25, 0.3) is 5.91 Å². The number of rotatable bonds is 6. The first-order chi connectivity index (χ1) is 16.6. The number of hydrogen-bond acceptors (Lipinski definition) is 4. The number of H-pyrrole nitrogens is 1. The Morgan fingerprint density at radius 3 is 2.79 bits per heavy atom. The van der Waals surface area contributed by atoms with Crippen LogP contribution in [0.5, 0.6) is 5.75 Å². The molecule has 2 N–H and O–H groups in total. The maximum Gasteiger partial charge on any atom is 0.252 e. The van der Waals surface area contributed by atoms with E-state index in [1.54, 1.807) is 23.4 Å². The molecule has 0 bridgehead atoms. The van der Waals surface area contributed by atoms with E-state index in [4.69, 9.17) is 4.74 Å². The van der Waals surface area contributed by atoms with Crippen LogP contribution in [0.15, 0.2) is 79.3 Å². The number of nitrogens with one attached hydrogen (secondary N) is 2. The molecular weight excluding hydrogens is 428 g/mol. The topological polar surface area (TPSA) is 87.3 Å². The average Bonchev–Trinajstić information content (AvgIpc) is 3.49. The molecule has 0 saturated carbocycles. The minimum Gasteiger partial charge on any atom is -0.487 e. The van der Waals surface area contributed by atoms with Crippen LogP contribution in [0, 0.1) is 6.92 Å². The van der Waals surface area contributed by atoms with Crippen LogP contribution in [0.2, 0.25) is 0 Å². The lowest BCUT2D eigenvalue weighted by Gasteiger charge is -2.25. The van der Waals surface area contributed by atoms with Crippen molar-refractivity contribution in [3.8, 4) is 5.75 Å². The van der Waals surface area contributed by atoms with E-state index in [9.17, 15) is 9.59 Å². The van der Waals surface area contributed by atoms with Crippen LogP contribution in [0.3, 0.4) is 0 Å². The van der Waals surface area contributed by atoms with Crippen molar-refractivity contribution in [2.45, 2.75) is 25.5 Å². The second-order valence-corrected chi connectivity index (χ2v) is 8.55. The molecule has 1 unspecified atom stereocenters. The molecule has 2 amide bonds. The van der Waals surface area contributed by atoms with Crippen LogP contribution in [0.25, 0.3) is 10.9 Å². The van der Waals surface area contributed by atoms with E-state index in [0.717, 1.165) is 28.5 Å². The Hall–Kier alpha value is -4.13. The van der Waals surface area contributed by atoms with Crippen molar-refractivity contribution < 1.29 is 14.3 Å². The minimum atomic E-state index is -0.785. The molecule has 172 valence electrons. The fourth-order valence-corrected chi connectivity index (χ4v) is 4.38. The van der Waals surface area contributed by atoms with Gasteiger partial charge in [0.05, 0.1) is 12.7 Å². The smallest absolute Gasteiger partial charge is 0.252 e. The number of aryl methyl sites for hydroxylation is 1. The number of hydrogen-bond donors (Lipinski definition) is 2. The summed E-state index contributed by atoms with van der Waals surface area (Å²) in [6.45, 7) is 3.04. The molecule has 1 aliphatic heterocycles. The zero-order chi connectivity index (χ0) is 23.5. The standard InChI is InChI=1S/C27H26N4O3/c1-18-15-29-24-14-20(9-10-23(18)24)26(32)30-25(19-6-3-2-4-7-19)27(33)31-13-11-22(17-31)34-21-8-5-12-28-16-21/h2-10,12,14-16,22,25,29H,11,13,17H2,1H3,(H,30,32)/t22?,25-/m1/s1. The van der Waals surface area contributed by atoms with E-state index in [1.807, 2.05) is 67.7 Å². The number of aromatic nitrogens is 2. The van der Waals surface area contributed by atoms with E-state index < -0.39 is 6.04 Å². The molecular formula is C27H26N4O3. The van der Waals surface area contributed by atoms with E-state index in [0.29, 0.717) is 24.4 Å². The summed E-state index contributed by atoms with van der Waals surface area (Å²) in [5.74, 6) is 0.247. The first-order valence-corrected chi connectivity index (χ1v) is 11.4. The number of aromatic amines is 1. The average molecular weight is 455 g/mol. The maximum absolute atomic E-state index is 13.6. The molecule has 0 spiro atoms. The largest absolute Gasteiger partial charge is 0.487 e. The van der Waals surface area contributed by atoms with Crippen LogP contribution in [0.1, 0.15) is 33.9 Å². The Morgan fingerprint density at radius 2 is 2.00 bits per heavy atom. The van der Waals surface area contributed by atoms with Gasteiger partial charge in [0, 0.05) is 41.8 Å². The SMILES string of the molecule is Cc1c[nH]c2cc(C(=O)N[C@@H](C(=O)N3CCC(Oc4cccnc4)C3)c3ccccc3)ccc12. The van der Waals surface area contributed by atoms with Crippen LogP contribution < -0.4 is 10.1 Å². The van der Waals surface area contributed by atoms with Gasteiger partial charge < -0.3 is 19.9 Å². The first kappa shape index (κ1) is 21.7. The third kappa shape index (κ3) is 4.50. The van der Waals surface area contributed by atoms with Gasteiger partial charge in [-0.05, 0) is 42.3 Å². The van der Waals surface area contributed by atoms with Crippen LogP contribution >= 0.6 is 0 Å². The number of amides is 2. The van der Waals surface area contributed by atoms with Gasteiger partial charge >= 0.3 is 0 Å². The molecule has 2 aromatic carbocycles. The second-order valence-electron chi connectivity index (χ2n) is 8.55. The highest BCUT2D eigenvalue weighted by molar-refractivity contribution is 6.00. The third-order valence-electron chi connectivity index (χ3n) is 6.20. The summed E-state index contributed by atoms with van der Waals surface area (Å²) in [6, 6.07) is 17.8. The van der Waals surface area contributed by atoms with Crippen molar-refractivity contribution in [1.82, 2.24) is 20.2 Å². The highest BCUT2D eigenvalue weighted by Crippen LogP contribution is 2.24. The molecule has 1 saturated heterocycles. The highest BCUT2D eigenvalue weighted by Gasteiger charge is 2.33. The van der Waals surface area contributed by atoms with Crippen molar-refractivity contribution in [2.75, 3.05) is 13.1 Å². The van der Waals surface area contributed by atoms with Crippen molar-refractivity contribution in [2.24, 2.45) is 0 Å². The summed E-state index contributed by atoms with van der Waals surface area (Å²) in [5.41, 5.74) is 3.26. The molecule has 2 atom stereocenters. The zero-order valence-corrected chi connectivity index (χ0v) is 18.9. The zero-order valence-electron chi connectivity index (χ0n) is 18.9. The Kier molecular flexibility index (Phi) is 5.99. The van der Waals surface area contributed by atoms with Gasteiger partial charge in [0.2, 0.25) is 5.91 Å². The number of carbonyl (C=O) groups excluding carboxylic acids is 2. The summed E-state index contributed by atoms with van der Waals surface area (Å²) < 4.78 is 5.99. The molecule has 34 heavy (non-hydrogen) atoms. The summed E-state index contributed by atoms with van der Waals surface area (Å²) in [4.78, 5) is 35.8. The summed E-state index contributed by atoms with van der Waals surface area (Å²) in [7, 11) is 0. The molecule has 1 fully saturated rings. The number of fused-ring (bicyclic) bond motifs is 1. The Balaban J connectivity index is 1.33. The molecule has 0 aliphatic carbocycles. The van der Waals surface area contributed by atoms with Crippen molar-refractivity contribution in [1.29, 1.82) is 0 Å². The van der Waals surface area contributed by atoms with Crippen LogP contribution in [-0.2, 0) is 4.79 Å². The number of carbonyl (C=O) groups is 2. The third-order valence-corrected chi connectivity index (χ3v) is 6.20. The lowest BCUT2D eigenvalue weighted by molar-refractivity contribution is -0.132. The van der Waals surface area contributed by atoms with Gasteiger partial charge in [-0.15, -0.1) is 0 Å². The van der Waals surface area contributed by atoms with Crippen LogP contribution in [-0.4, -0.2) is 45.9 Å². The van der Waals surface area contributed by atoms with E-state index in [-0.39, 0.29) is 17.9 Å². The summed E-state index contributed by atoms with van der Waals surface area (Å²) in [5, 5.41) is 4.04. The molecule has 7 heteroatoms. The lowest BCUT2D eigenvalue weighted by Crippen LogP contribution is -2.42. The number of likely N-dealkylation sites (tertiary alicyclic amines) is 1. The van der Waals surface area contributed by atoms with Gasteiger partial charge in [-0.25, -0.2) is 0 Å².